The summed E-state index contributed by atoms with van der Waals surface area (Å²) in [5.74, 6) is 1.72. The number of para-hydroxylation sites is 1. The van der Waals surface area contributed by atoms with Crippen LogP contribution in [-0.2, 0) is 0 Å². The average molecular weight is 355 g/mol. The van der Waals surface area contributed by atoms with Gasteiger partial charge >= 0.3 is 0 Å². The van der Waals surface area contributed by atoms with Crippen molar-refractivity contribution in [2.75, 3.05) is 14.2 Å². The third-order valence-electron chi connectivity index (χ3n) is 3.91. The van der Waals surface area contributed by atoms with Crippen molar-refractivity contribution in [3.8, 4) is 22.9 Å². The van der Waals surface area contributed by atoms with Gasteiger partial charge in [-0.25, -0.2) is 4.98 Å². The largest absolute Gasteiger partial charge is 0.493 e. The van der Waals surface area contributed by atoms with Gasteiger partial charge in [0.2, 0.25) is 0 Å². The van der Waals surface area contributed by atoms with Gasteiger partial charge in [-0.3, -0.25) is 15.2 Å². The van der Waals surface area contributed by atoms with E-state index in [0.29, 0.717) is 22.9 Å². The van der Waals surface area contributed by atoms with Gasteiger partial charge in [0, 0.05) is 6.07 Å². The summed E-state index contributed by atoms with van der Waals surface area (Å²) in [5.41, 5.74) is 7.23. The van der Waals surface area contributed by atoms with Crippen LogP contribution in [0.1, 0.15) is 17.4 Å². The second-order valence-electron chi connectivity index (χ2n) is 5.41. The maximum atomic E-state index is 11.2. The summed E-state index contributed by atoms with van der Waals surface area (Å²) in [5, 5.41) is 18.0. The summed E-state index contributed by atoms with van der Waals surface area (Å²) in [7, 11) is 3.08. The second-order valence-corrected chi connectivity index (χ2v) is 5.41. The summed E-state index contributed by atoms with van der Waals surface area (Å²) in [6, 6.07) is 10.9. The van der Waals surface area contributed by atoms with Crippen molar-refractivity contribution in [1.29, 1.82) is 0 Å². The fourth-order valence-electron chi connectivity index (χ4n) is 2.56. The smallest absolute Gasteiger partial charge is 0.280 e. The topological polar surface area (TPSA) is 129 Å². The molecule has 0 saturated carbocycles. The number of H-pyrrole nitrogens is 1. The number of nitro benzene ring substituents is 1. The van der Waals surface area contributed by atoms with Crippen molar-refractivity contribution in [2.45, 2.75) is 6.04 Å². The first-order chi connectivity index (χ1) is 12.5. The monoisotopic (exact) mass is 355 g/mol. The molecule has 0 aliphatic carbocycles. The van der Waals surface area contributed by atoms with Gasteiger partial charge in [-0.2, -0.15) is 5.10 Å². The van der Waals surface area contributed by atoms with Crippen molar-refractivity contribution in [1.82, 2.24) is 15.2 Å². The van der Waals surface area contributed by atoms with Gasteiger partial charge in [0.1, 0.15) is 5.82 Å². The highest BCUT2D eigenvalue weighted by Crippen LogP contribution is 2.32. The minimum absolute atomic E-state index is 0.0715. The molecule has 1 aromatic heterocycles. The van der Waals surface area contributed by atoms with Crippen LogP contribution in [0.15, 0.2) is 42.5 Å². The van der Waals surface area contributed by atoms with E-state index >= 15 is 0 Å². The number of nitrogens with two attached hydrogens (primary N) is 1. The number of hydrogen-bond donors (Lipinski definition) is 2. The Morgan fingerprint density at radius 2 is 1.88 bits per heavy atom. The molecule has 3 aromatic rings. The van der Waals surface area contributed by atoms with Crippen molar-refractivity contribution in [2.24, 2.45) is 5.73 Å². The van der Waals surface area contributed by atoms with Crippen molar-refractivity contribution < 1.29 is 14.4 Å². The molecule has 0 bridgehead atoms. The van der Waals surface area contributed by atoms with Gasteiger partial charge in [0.15, 0.2) is 17.3 Å². The summed E-state index contributed by atoms with van der Waals surface area (Å²) < 4.78 is 10.5. The lowest BCUT2D eigenvalue weighted by Crippen LogP contribution is -2.14. The fourth-order valence-corrected chi connectivity index (χ4v) is 2.56. The van der Waals surface area contributed by atoms with Crippen LogP contribution in [0.4, 0.5) is 5.69 Å². The third kappa shape index (κ3) is 3.20. The van der Waals surface area contributed by atoms with Crippen LogP contribution in [0.2, 0.25) is 0 Å². The molecule has 26 heavy (non-hydrogen) atoms. The Bertz CT molecular complexity index is 940. The van der Waals surface area contributed by atoms with Crippen LogP contribution in [0.5, 0.6) is 11.5 Å². The number of methoxy groups -OCH3 is 2. The van der Waals surface area contributed by atoms with E-state index in [2.05, 4.69) is 15.2 Å². The Kier molecular flexibility index (Phi) is 4.81. The van der Waals surface area contributed by atoms with Crippen LogP contribution in [0, 0.1) is 10.1 Å². The van der Waals surface area contributed by atoms with E-state index in [4.69, 9.17) is 15.2 Å². The predicted molar refractivity (Wildman–Crippen MR) is 94.0 cm³/mol. The van der Waals surface area contributed by atoms with Gasteiger partial charge in [-0.05, 0) is 23.8 Å². The molecule has 0 spiro atoms. The number of aromatic amines is 1. The molecule has 0 radical (unpaired) electrons. The molecule has 1 heterocycles. The quantitative estimate of drug-likeness (QED) is 0.513. The zero-order valence-corrected chi connectivity index (χ0v) is 14.2. The molecule has 9 heteroatoms. The van der Waals surface area contributed by atoms with E-state index in [0.717, 1.165) is 5.56 Å². The van der Waals surface area contributed by atoms with E-state index in [1.165, 1.54) is 13.2 Å². The zero-order valence-electron chi connectivity index (χ0n) is 14.2. The molecule has 0 aliphatic heterocycles. The highest BCUT2D eigenvalue weighted by molar-refractivity contribution is 5.67. The highest BCUT2D eigenvalue weighted by atomic mass is 16.6. The molecule has 9 nitrogen and oxygen atoms in total. The lowest BCUT2D eigenvalue weighted by atomic mass is 10.1. The lowest BCUT2D eigenvalue weighted by Gasteiger charge is -2.13. The zero-order chi connectivity index (χ0) is 18.7. The third-order valence-corrected chi connectivity index (χ3v) is 3.91. The number of nitrogens with one attached hydrogen (secondary N) is 1. The summed E-state index contributed by atoms with van der Waals surface area (Å²) in [6.45, 7) is 0. The Labute approximate surface area is 148 Å². The number of ether oxygens (including phenoxy) is 2. The van der Waals surface area contributed by atoms with E-state index in [9.17, 15) is 10.1 Å². The van der Waals surface area contributed by atoms with E-state index in [1.807, 2.05) is 0 Å². The molecule has 0 fully saturated rings. The lowest BCUT2D eigenvalue weighted by molar-refractivity contribution is -0.384. The minimum atomic E-state index is -0.612. The number of nitro groups is 1. The van der Waals surface area contributed by atoms with Gasteiger partial charge in [-0.15, -0.1) is 0 Å². The molecular weight excluding hydrogens is 338 g/mol. The van der Waals surface area contributed by atoms with Gasteiger partial charge < -0.3 is 15.2 Å². The van der Waals surface area contributed by atoms with Crippen molar-refractivity contribution in [3.05, 3.63) is 64.0 Å². The summed E-state index contributed by atoms with van der Waals surface area (Å²) in [4.78, 5) is 15.0. The molecule has 0 aliphatic rings. The molecule has 3 N–H and O–H groups in total. The maximum absolute atomic E-state index is 11.2. The summed E-state index contributed by atoms with van der Waals surface area (Å²) >= 11 is 0. The highest BCUT2D eigenvalue weighted by Gasteiger charge is 2.21. The normalized spacial score (nSPS) is 11.8. The molecule has 2 aromatic carbocycles. The molecule has 134 valence electrons. The van der Waals surface area contributed by atoms with E-state index in [-0.39, 0.29) is 11.5 Å². The Hall–Kier alpha value is -3.46. The number of nitrogens with zero attached hydrogens (tertiary/aromatic N) is 3. The number of rotatable bonds is 6. The SMILES string of the molecule is COc1ccc([C@H](N)c2nc(-c3ccccc3[N+](=O)[O-])n[nH]2)cc1OC. The average Bonchev–Trinajstić information content (AvgIpc) is 3.16. The predicted octanol–water partition coefficient (Wildman–Crippen LogP) is 2.45. The summed E-state index contributed by atoms with van der Waals surface area (Å²) in [6.07, 6.45) is 0. The Balaban J connectivity index is 1.94. The molecule has 0 unspecified atom stereocenters. The first-order valence-corrected chi connectivity index (χ1v) is 7.68. The number of aromatic nitrogens is 3. The van der Waals surface area contributed by atoms with Crippen LogP contribution in [0.3, 0.4) is 0 Å². The van der Waals surface area contributed by atoms with Crippen molar-refractivity contribution >= 4 is 5.69 Å². The Morgan fingerprint density at radius 3 is 2.58 bits per heavy atom. The van der Waals surface area contributed by atoms with Crippen LogP contribution < -0.4 is 15.2 Å². The number of hydrogen-bond acceptors (Lipinski definition) is 7. The van der Waals surface area contributed by atoms with Crippen LogP contribution in [0.25, 0.3) is 11.4 Å². The van der Waals surface area contributed by atoms with Gasteiger partial charge in [0.05, 0.1) is 30.7 Å². The van der Waals surface area contributed by atoms with Crippen LogP contribution >= 0.6 is 0 Å². The first kappa shape index (κ1) is 17.4. The van der Waals surface area contributed by atoms with Gasteiger partial charge in [-0.1, -0.05) is 18.2 Å². The fraction of sp³-hybridized carbons (Fsp3) is 0.176. The molecule has 0 saturated heterocycles. The van der Waals surface area contributed by atoms with Crippen LogP contribution in [-0.4, -0.2) is 34.3 Å². The number of benzene rings is 2. The molecule has 3 rings (SSSR count). The van der Waals surface area contributed by atoms with Crippen molar-refractivity contribution in [3.63, 3.8) is 0 Å². The Morgan fingerprint density at radius 1 is 1.15 bits per heavy atom. The van der Waals surface area contributed by atoms with Gasteiger partial charge in [0.25, 0.3) is 5.69 Å². The first-order valence-electron chi connectivity index (χ1n) is 7.68. The van der Waals surface area contributed by atoms with E-state index < -0.39 is 11.0 Å². The minimum Gasteiger partial charge on any atom is -0.493 e. The second kappa shape index (κ2) is 7.19. The molecule has 1 atom stereocenters. The maximum Gasteiger partial charge on any atom is 0.280 e. The van der Waals surface area contributed by atoms with E-state index in [1.54, 1.807) is 43.5 Å². The standard InChI is InChI=1S/C17H17N5O4/c1-25-13-8-7-10(9-14(13)26-2)15(18)17-19-16(20-21-17)11-5-3-4-6-12(11)22(23)24/h3-9,15H,18H2,1-2H3,(H,19,20,21)/t15-/m0/s1. The molecular formula is C17H17N5O4. The molecule has 0 amide bonds.